The van der Waals surface area contributed by atoms with Crippen molar-refractivity contribution in [3.05, 3.63) is 22.6 Å². The van der Waals surface area contributed by atoms with Crippen molar-refractivity contribution in [1.82, 2.24) is 4.90 Å². The monoisotopic (exact) mass is 325 g/mol. The molecule has 1 amide bonds. The first kappa shape index (κ1) is 13.2. The van der Waals surface area contributed by atoms with Crippen LogP contribution < -0.4 is 0 Å². The fourth-order valence-electron chi connectivity index (χ4n) is 3.02. The Morgan fingerprint density at radius 3 is 2.58 bits per heavy atom. The van der Waals surface area contributed by atoms with Gasteiger partial charge in [-0.2, -0.15) is 0 Å². The minimum absolute atomic E-state index is 0.141. The fraction of sp³-hybridized carbons (Fsp3) is 0.667. The number of amides is 1. The molecule has 0 atom stereocenters. The lowest BCUT2D eigenvalue weighted by molar-refractivity contribution is 0.0698. The van der Waals surface area contributed by atoms with E-state index in [4.69, 9.17) is 4.42 Å². The van der Waals surface area contributed by atoms with Crippen LogP contribution >= 0.6 is 15.9 Å². The molecular formula is C15H20BrNO2. The highest BCUT2D eigenvalue weighted by Crippen LogP contribution is 2.32. The van der Waals surface area contributed by atoms with Crippen molar-refractivity contribution >= 4 is 21.8 Å². The third kappa shape index (κ3) is 3.22. The van der Waals surface area contributed by atoms with E-state index in [0.29, 0.717) is 22.2 Å². The molecule has 0 aromatic carbocycles. The Hall–Kier alpha value is -0.770. The Morgan fingerprint density at radius 1 is 1.26 bits per heavy atom. The second kappa shape index (κ2) is 5.70. The van der Waals surface area contributed by atoms with Gasteiger partial charge in [0, 0.05) is 18.7 Å². The highest BCUT2D eigenvalue weighted by molar-refractivity contribution is 9.10. The number of nitrogens with zero attached hydrogens (tertiary/aromatic N) is 1. The minimum atomic E-state index is 0.141. The summed E-state index contributed by atoms with van der Waals surface area (Å²) in [6, 6.07) is 2.25. The summed E-state index contributed by atoms with van der Waals surface area (Å²) in [6.07, 6.45) is 10.5. The molecule has 2 aliphatic carbocycles. The molecule has 4 heteroatoms. The topological polar surface area (TPSA) is 33.5 Å². The maximum atomic E-state index is 12.6. The van der Waals surface area contributed by atoms with Gasteiger partial charge in [-0.05, 0) is 47.5 Å². The van der Waals surface area contributed by atoms with Gasteiger partial charge in [0.2, 0.25) is 0 Å². The van der Waals surface area contributed by atoms with Crippen molar-refractivity contribution in [1.29, 1.82) is 0 Å². The van der Waals surface area contributed by atoms with Crippen LogP contribution in [0.2, 0.25) is 0 Å². The number of hydrogen-bond acceptors (Lipinski definition) is 2. The van der Waals surface area contributed by atoms with Crippen LogP contribution in [0.3, 0.4) is 0 Å². The average molecular weight is 326 g/mol. The standard InChI is InChI=1S/C15H20BrNO2/c16-14-8-12(10-19-14)15(18)17(13-6-7-13)9-11-4-2-1-3-5-11/h8,10-11,13H,1-7,9H2. The number of carbonyl (C=O) groups is 1. The van der Waals surface area contributed by atoms with Crippen molar-refractivity contribution in [3.63, 3.8) is 0 Å². The molecule has 0 radical (unpaired) electrons. The van der Waals surface area contributed by atoms with E-state index in [1.165, 1.54) is 32.1 Å². The van der Waals surface area contributed by atoms with Gasteiger partial charge in [-0.25, -0.2) is 0 Å². The first-order valence-electron chi connectivity index (χ1n) is 7.29. The molecule has 3 rings (SSSR count). The van der Waals surface area contributed by atoms with Crippen molar-refractivity contribution in [2.45, 2.75) is 51.0 Å². The number of halogens is 1. The molecule has 0 unspecified atom stereocenters. The quantitative estimate of drug-likeness (QED) is 0.830. The largest absolute Gasteiger partial charge is 0.457 e. The Morgan fingerprint density at radius 2 is 2.00 bits per heavy atom. The van der Waals surface area contributed by atoms with Gasteiger partial charge in [-0.15, -0.1) is 0 Å². The van der Waals surface area contributed by atoms with Crippen LogP contribution in [0.15, 0.2) is 21.4 Å². The predicted molar refractivity (Wildman–Crippen MR) is 77.0 cm³/mol. The van der Waals surface area contributed by atoms with Crippen LogP contribution in [0, 0.1) is 5.92 Å². The molecule has 0 spiro atoms. The highest BCUT2D eigenvalue weighted by Gasteiger charge is 2.35. The maximum absolute atomic E-state index is 12.6. The fourth-order valence-corrected chi connectivity index (χ4v) is 3.36. The lowest BCUT2D eigenvalue weighted by Gasteiger charge is -2.29. The molecule has 0 aliphatic heterocycles. The van der Waals surface area contributed by atoms with Crippen LogP contribution in [-0.4, -0.2) is 23.4 Å². The van der Waals surface area contributed by atoms with Crippen molar-refractivity contribution < 1.29 is 9.21 Å². The van der Waals surface area contributed by atoms with Crippen LogP contribution in [0.25, 0.3) is 0 Å². The van der Waals surface area contributed by atoms with E-state index in [2.05, 4.69) is 20.8 Å². The Balaban J connectivity index is 1.68. The average Bonchev–Trinajstić information content (AvgIpc) is 3.18. The molecule has 0 N–H and O–H groups in total. The smallest absolute Gasteiger partial charge is 0.257 e. The summed E-state index contributed by atoms with van der Waals surface area (Å²) >= 11 is 3.26. The normalized spacial score (nSPS) is 20.5. The first-order chi connectivity index (χ1) is 9.24. The van der Waals surface area contributed by atoms with Crippen LogP contribution in [0.5, 0.6) is 0 Å². The van der Waals surface area contributed by atoms with Gasteiger partial charge in [0.25, 0.3) is 5.91 Å². The second-order valence-corrected chi connectivity index (χ2v) is 6.61. The van der Waals surface area contributed by atoms with Gasteiger partial charge >= 0.3 is 0 Å². The van der Waals surface area contributed by atoms with Crippen molar-refractivity contribution in [3.8, 4) is 0 Å². The summed E-state index contributed by atoms with van der Waals surface area (Å²) in [5.41, 5.74) is 0.676. The van der Waals surface area contributed by atoms with Crippen LogP contribution in [0.1, 0.15) is 55.3 Å². The molecule has 2 fully saturated rings. The van der Waals surface area contributed by atoms with E-state index in [-0.39, 0.29) is 5.91 Å². The van der Waals surface area contributed by atoms with Gasteiger partial charge < -0.3 is 9.32 Å². The summed E-state index contributed by atoms with van der Waals surface area (Å²) in [5, 5.41) is 0. The second-order valence-electron chi connectivity index (χ2n) is 5.83. The van der Waals surface area contributed by atoms with E-state index in [1.807, 2.05) is 0 Å². The summed E-state index contributed by atoms with van der Waals surface area (Å²) < 4.78 is 5.82. The number of carbonyl (C=O) groups excluding carboxylic acids is 1. The molecule has 104 valence electrons. The molecule has 0 saturated heterocycles. The summed E-state index contributed by atoms with van der Waals surface area (Å²) in [7, 11) is 0. The Bertz CT molecular complexity index is 447. The van der Waals surface area contributed by atoms with Gasteiger partial charge in [0.05, 0.1) is 5.56 Å². The van der Waals surface area contributed by atoms with Crippen LogP contribution in [0.4, 0.5) is 0 Å². The van der Waals surface area contributed by atoms with E-state index in [1.54, 1.807) is 12.3 Å². The molecule has 19 heavy (non-hydrogen) atoms. The van der Waals surface area contributed by atoms with Crippen molar-refractivity contribution in [2.75, 3.05) is 6.54 Å². The van der Waals surface area contributed by atoms with Crippen molar-refractivity contribution in [2.24, 2.45) is 5.92 Å². The number of furan rings is 1. The lowest BCUT2D eigenvalue weighted by atomic mass is 9.89. The van der Waals surface area contributed by atoms with Crippen LogP contribution in [-0.2, 0) is 0 Å². The molecule has 2 saturated carbocycles. The minimum Gasteiger partial charge on any atom is -0.457 e. The SMILES string of the molecule is O=C(c1coc(Br)c1)N(CC1CCCCC1)C1CC1. The zero-order valence-electron chi connectivity index (χ0n) is 11.1. The summed E-state index contributed by atoms with van der Waals surface area (Å²) in [6.45, 7) is 0.937. The number of rotatable bonds is 4. The van der Waals surface area contributed by atoms with E-state index in [0.717, 1.165) is 19.4 Å². The third-order valence-corrected chi connectivity index (χ3v) is 4.66. The molecule has 0 bridgehead atoms. The molecule has 1 aromatic heterocycles. The molecular weight excluding hydrogens is 306 g/mol. The van der Waals surface area contributed by atoms with Gasteiger partial charge in [-0.1, -0.05) is 19.3 Å². The molecule has 2 aliphatic rings. The zero-order chi connectivity index (χ0) is 13.2. The third-order valence-electron chi connectivity index (χ3n) is 4.24. The summed E-state index contributed by atoms with van der Waals surface area (Å²) in [5.74, 6) is 0.844. The predicted octanol–water partition coefficient (Wildman–Crippen LogP) is 4.23. The van der Waals surface area contributed by atoms with Gasteiger partial charge in [-0.3, -0.25) is 4.79 Å². The van der Waals surface area contributed by atoms with Gasteiger partial charge in [0.1, 0.15) is 6.26 Å². The number of hydrogen-bond donors (Lipinski definition) is 0. The highest BCUT2D eigenvalue weighted by atomic mass is 79.9. The van der Waals surface area contributed by atoms with E-state index >= 15 is 0 Å². The molecule has 1 aromatic rings. The molecule has 1 heterocycles. The summed E-state index contributed by atoms with van der Waals surface area (Å²) in [4.78, 5) is 14.6. The lowest BCUT2D eigenvalue weighted by Crippen LogP contribution is -2.37. The zero-order valence-corrected chi connectivity index (χ0v) is 12.7. The van der Waals surface area contributed by atoms with Gasteiger partial charge in [0.15, 0.2) is 4.67 Å². The Kier molecular flexibility index (Phi) is 3.96. The first-order valence-corrected chi connectivity index (χ1v) is 8.08. The Labute approximate surface area is 122 Å². The molecule has 3 nitrogen and oxygen atoms in total. The maximum Gasteiger partial charge on any atom is 0.257 e. The van der Waals surface area contributed by atoms with E-state index < -0.39 is 0 Å². The van der Waals surface area contributed by atoms with E-state index in [9.17, 15) is 4.79 Å².